The van der Waals surface area contributed by atoms with Crippen molar-refractivity contribution in [3.05, 3.63) is 67.6 Å². The van der Waals surface area contributed by atoms with E-state index >= 15 is 0 Å². The minimum absolute atomic E-state index is 0.136. The van der Waals surface area contributed by atoms with Gasteiger partial charge in [0, 0.05) is 0 Å². The summed E-state index contributed by atoms with van der Waals surface area (Å²) in [6.45, 7) is 0. The topological polar surface area (TPSA) is 43.4 Å². The Bertz CT molecular complexity index is 1010. The second-order valence-corrected chi connectivity index (χ2v) is 12.2. The van der Waals surface area contributed by atoms with Crippen LogP contribution in [0.4, 0.5) is 43.9 Å². The zero-order valence-electron chi connectivity index (χ0n) is 14.5. The van der Waals surface area contributed by atoms with Crippen LogP contribution in [0.2, 0.25) is 0 Å². The number of hydrogen-bond acceptors (Lipinski definition) is 3. The minimum atomic E-state index is -7.40. The molecule has 2 aromatic rings. The van der Waals surface area contributed by atoms with Crippen molar-refractivity contribution < 1.29 is 54.8 Å². The molecule has 174 valence electrons. The zero-order chi connectivity index (χ0) is 23.9. The first kappa shape index (κ1) is 25.6. The number of benzene rings is 2. The third-order valence-electron chi connectivity index (χ3n) is 3.51. The molecule has 0 atom stereocenters. The van der Waals surface area contributed by atoms with Crippen molar-refractivity contribution in [3.8, 4) is 0 Å². The standard InChI is InChI=1S/C16H9F10IO3S/c17-10-6-8-12(9-7-10)27(11-4-2-1-3-5-11)30-31(28,29)16(25,26)14(20,21)13(18,19)15(22,23)24/h1-9H. The van der Waals surface area contributed by atoms with Crippen LogP contribution >= 0.6 is 20.2 Å². The quantitative estimate of drug-likeness (QED) is 0.288. The van der Waals surface area contributed by atoms with Gasteiger partial charge in [-0.2, -0.15) is 0 Å². The molecule has 0 N–H and O–H groups in total. The van der Waals surface area contributed by atoms with Gasteiger partial charge in [-0.25, -0.2) is 0 Å². The van der Waals surface area contributed by atoms with Gasteiger partial charge in [-0.05, 0) is 0 Å². The summed E-state index contributed by atoms with van der Waals surface area (Å²) in [5, 5.41) is -6.97. The van der Waals surface area contributed by atoms with Crippen LogP contribution in [0.25, 0.3) is 0 Å². The van der Waals surface area contributed by atoms with Crippen LogP contribution in [-0.4, -0.2) is 31.7 Å². The van der Waals surface area contributed by atoms with Crippen LogP contribution in [0.5, 0.6) is 0 Å². The maximum absolute atomic E-state index is 14.0. The average molecular weight is 598 g/mol. The van der Waals surface area contributed by atoms with Crippen LogP contribution in [-0.2, 0) is 12.6 Å². The van der Waals surface area contributed by atoms with Crippen molar-refractivity contribution >= 4 is 30.4 Å². The molecular formula is C16H9F10IO3S. The van der Waals surface area contributed by atoms with Gasteiger partial charge in [-0.3, -0.25) is 0 Å². The fourth-order valence-electron chi connectivity index (χ4n) is 1.91. The van der Waals surface area contributed by atoms with E-state index in [1.807, 2.05) is 0 Å². The third kappa shape index (κ3) is 4.62. The third-order valence-corrected chi connectivity index (χ3v) is 10.9. The summed E-state index contributed by atoms with van der Waals surface area (Å²) < 4.78 is 159. The maximum atomic E-state index is 14.0. The molecule has 0 aliphatic carbocycles. The van der Waals surface area contributed by atoms with E-state index < -0.39 is 59.4 Å². The fraction of sp³-hybridized carbons (Fsp3) is 0.250. The SMILES string of the molecule is O=S(=O)(OI(c1ccccc1)c1ccc(F)cc1)C(F)(F)C(F)(F)C(F)(F)C(F)(F)F. The summed E-state index contributed by atoms with van der Waals surface area (Å²) in [5.74, 6) is -15.7. The van der Waals surface area contributed by atoms with Crippen molar-refractivity contribution in [2.45, 2.75) is 23.3 Å². The van der Waals surface area contributed by atoms with Gasteiger partial charge in [0.15, 0.2) is 0 Å². The molecule has 0 aromatic heterocycles. The molecule has 0 spiro atoms. The van der Waals surface area contributed by atoms with Crippen molar-refractivity contribution in [3.63, 3.8) is 0 Å². The fourth-order valence-corrected chi connectivity index (χ4v) is 8.89. The predicted molar refractivity (Wildman–Crippen MR) is 95.2 cm³/mol. The van der Waals surface area contributed by atoms with E-state index in [1.165, 1.54) is 18.2 Å². The predicted octanol–water partition coefficient (Wildman–Crippen LogP) is 6.06. The first-order valence-electron chi connectivity index (χ1n) is 7.61. The van der Waals surface area contributed by atoms with E-state index in [1.54, 1.807) is 0 Å². The van der Waals surface area contributed by atoms with E-state index in [0.717, 1.165) is 36.4 Å². The molecule has 0 heterocycles. The summed E-state index contributed by atoms with van der Waals surface area (Å²) in [7, 11) is -7.05. The summed E-state index contributed by atoms with van der Waals surface area (Å²) >= 11 is -4.18. The van der Waals surface area contributed by atoms with Gasteiger partial charge >= 0.3 is 176 Å². The molecule has 0 aliphatic heterocycles. The normalized spacial score (nSPS) is 14.5. The van der Waals surface area contributed by atoms with Gasteiger partial charge in [-0.15, -0.1) is 0 Å². The summed E-state index contributed by atoms with van der Waals surface area (Å²) in [4.78, 5) is 0. The van der Waals surface area contributed by atoms with Crippen molar-refractivity contribution in [2.24, 2.45) is 0 Å². The van der Waals surface area contributed by atoms with Crippen LogP contribution in [0.1, 0.15) is 0 Å². The Balaban J connectivity index is 2.56. The van der Waals surface area contributed by atoms with Gasteiger partial charge in [0.05, 0.1) is 0 Å². The molecule has 3 nitrogen and oxygen atoms in total. The van der Waals surface area contributed by atoms with Crippen molar-refractivity contribution in [1.29, 1.82) is 0 Å². The number of rotatable bonds is 7. The molecule has 15 heteroatoms. The summed E-state index contributed by atoms with van der Waals surface area (Å²) in [6, 6.07) is 9.45. The molecule has 0 bridgehead atoms. The van der Waals surface area contributed by atoms with E-state index in [0.29, 0.717) is 0 Å². The van der Waals surface area contributed by atoms with Crippen molar-refractivity contribution in [1.82, 2.24) is 0 Å². The molecule has 2 aromatic carbocycles. The number of halogens is 11. The Kier molecular flexibility index (Phi) is 6.93. The average Bonchev–Trinajstić information content (AvgIpc) is 2.66. The Labute approximate surface area is 176 Å². The molecule has 0 amide bonds. The van der Waals surface area contributed by atoms with E-state index in [2.05, 4.69) is 2.51 Å². The summed E-state index contributed by atoms with van der Waals surface area (Å²) in [5.41, 5.74) is 0. The van der Waals surface area contributed by atoms with Gasteiger partial charge in [0.1, 0.15) is 0 Å². The molecular weight excluding hydrogens is 589 g/mol. The van der Waals surface area contributed by atoms with Crippen LogP contribution in [0, 0.1) is 13.0 Å². The monoisotopic (exact) mass is 598 g/mol. The zero-order valence-corrected chi connectivity index (χ0v) is 17.5. The molecule has 0 fully saturated rings. The van der Waals surface area contributed by atoms with Crippen LogP contribution < -0.4 is 0 Å². The van der Waals surface area contributed by atoms with E-state index in [-0.39, 0.29) is 7.14 Å². The molecule has 31 heavy (non-hydrogen) atoms. The molecule has 2 rings (SSSR count). The van der Waals surface area contributed by atoms with Gasteiger partial charge in [0.2, 0.25) is 0 Å². The molecule has 0 radical (unpaired) electrons. The van der Waals surface area contributed by atoms with Crippen LogP contribution in [0.3, 0.4) is 0 Å². The number of hydrogen-bond donors (Lipinski definition) is 0. The Morgan fingerprint density at radius 1 is 0.677 bits per heavy atom. The molecule has 0 aliphatic rings. The van der Waals surface area contributed by atoms with Gasteiger partial charge in [0.25, 0.3) is 0 Å². The Morgan fingerprint density at radius 2 is 1.13 bits per heavy atom. The number of alkyl halides is 9. The second kappa shape index (κ2) is 8.38. The van der Waals surface area contributed by atoms with Crippen LogP contribution in [0.15, 0.2) is 54.6 Å². The first-order chi connectivity index (χ1) is 14.0. The Morgan fingerprint density at radius 3 is 1.58 bits per heavy atom. The molecule has 0 saturated heterocycles. The van der Waals surface area contributed by atoms with Gasteiger partial charge in [-0.1, -0.05) is 0 Å². The molecule has 0 saturated carbocycles. The second-order valence-electron chi connectivity index (χ2n) is 5.66. The van der Waals surface area contributed by atoms with Crippen molar-refractivity contribution in [2.75, 3.05) is 0 Å². The first-order valence-corrected chi connectivity index (χ1v) is 12.1. The Hall–Kier alpha value is -1.62. The van der Waals surface area contributed by atoms with E-state index in [9.17, 15) is 52.3 Å². The summed E-state index contributed by atoms with van der Waals surface area (Å²) in [6.07, 6.45) is -7.19. The van der Waals surface area contributed by atoms with Gasteiger partial charge < -0.3 is 0 Å². The molecule has 0 unspecified atom stereocenters. The van der Waals surface area contributed by atoms with E-state index in [4.69, 9.17) is 0 Å².